The number of piperidine rings is 1. The maximum atomic E-state index is 3.59. The highest BCUT2D eigenvalue weighted by Crippen LogP contribution is 2.19. The third-order valence-corrected chi connectivity index (χ3v) is 3.63. The van der Waals surface area contributed by atoms with E-state index in [1.807, 2.05) is 0 Å². The van der Waals surface area contributed by atoms with Crippen molar-refractivity contribution in [3.05, 3.63) is 0 Å². The van der Waals surface area contributed by atoms with Crippen LogP contribution in [0.3, 0.4) is 0 Å². The van der Waals surface area contributed by atoms with Gasteiger partial charge in [0, 0.05) is 19.1 Å². The van der Waals surface area contributed by atoms with Gasteiger partial charge < -0.3 is 5.32 Å². The lowest BCUT2D eigenvalue weighted by Crippen LogP contribution is -2.46. The molecule has 1 rings (SSSR count). The molecule has 0 spiro atoms. The van der Waals surface area contributed by atoms with Crippen LogP contribution in [0.4, 0.5) is 0 Å². The Labute approximate surface area is 102 Å². The predicted molar refractivity (Wildman–Crippen MR) is 71.8 cm³/mol. The first-order valence-corrected chi connectivity index (χ1v) is 7.22. The molecule has 2 nitrogen and oxygen atoms in total. The summed E-state index contributed by atoms with van der Waals surface area (Å²) in [4.78, 5) is 2.72. The van der Waals surface area contributed by atoms with Crippen LogP contribution in [0.15, 0.2) is 0 Å². The van der Waals surface area contributed by atoms with Crippen molar-refractivity contribution in [2.45, 2.75) is 58.9 Å². The number of rotatable bonds is 7. The van der Waals surface area contributed by atoms with Crippen molar-refractivity contribution in [3.63, 3.8) is 0 Å². The van der Waals surface area contributed by atoms with Crippen LogP contribution in [0.1, 0.15) is 52.9 Å². The SMILES string of the molecule is CCCNCC(CCC)N1CCCC(C)C1. The van der Waals surface area contributed by atoms with E-state index in [2.05, 4.69) is 31.0 Å². The zero-order chi connectivity index (χ0) is 11.8. The summed E-state index contributed by atoms with van der Waals surface area (Å²) < 4.78 is 0. The molecule has 0 aromatic carbocycles. The molecule has 96 valence electrons. The Hall–Kier alpha value is -0.0800. The second-order valence-corrected chi connectivity index (χ2v) is 5.39. The fourth-order valence-electron chi connectivity index (χ4n) is 2.75. The lowest BCUT2D eigenvalue weighted by atomic mass is 9.97. The van der Waals surface area contributed by atoms with Crippen LogP contribution in [0.25, 0.3) is 0 Å². The summed E-state index contributed by atoms with van der Waals surface area (Å²) in [5.41, 5.74) is 0. The maximum Gasteiger partial charge on any atom is 0.0220 e. The van der Waals surface area contributed by atoms with E-state index >= 15 is 0 Å². The summed E-state index contributed by atoms with van der Waals surface area (Å²) in [6.45, 7) is 11.9. The van der Waals surface area contributed by atoms with Crippen molar-refractivity contribution in [2.24, 2.45) is 5.92 Å². The number of hydrogen-bond acceptors (Lipinski definition) is 2. The van der Waals surface area contributed by atoms with Gasteiger partial charge in [0.15, 0.2) is 0 Å². The summed E-state index contributed by atoms with van der Waals surface area (Å²) in [7, 11) is 0. The van der Waals surface area contributed by atoms with Gasteiger partial charge >= 0.3 is 0 Å². The number of nitrogens with zero attached hydrogens (tertiary/aromatic N) is 1. The quantitative estimate of drug-likeness (QED) is 0.672. The van der Waals surface area contributed by atoms with E-state index in [1.54, 1.807) is 0 Å². The zero-order valence-electron chi connectivity index (χ0n) is 11.5. The van der Waals surface area contributed by atoms with Crippen LogP contribution in [-0.4, -0.2) is 37.1 Å². The second kappa shape index (κ2) is 8.08. The Balaban J connectivity index is 2.34. The molecule has 2 unspecified atom stereocenters. The van der Waals surface area contributed by atoms with Crippen LogP contribution >= 0.6 is 0 Å². The minimum absolute atomic E-state index is 0.777. The molecule has 0 bridgehead atoms. The fourth-order valence-corrected chi connectivity index (χ4v) is 2.75. The van der Waals surface area contributed by atoms with Gasteiger partial charge in [-0.3, -0.25) is 4.90 Å². The Morgan fingerprint density at radius 1 is 1.31 bits per heavy atom. The summed E-state index contributed by atoms with van der Waals surface area (Å²) in [5.74, 6) is 0.902. The first-order chi connectivity index (χ1) is 7.77. The van der Waals surface area contributed by atoms with Gasteiger partial charge in [0.05, 0.1) is 0 Å². The molecule has 1 fully saturated rings. The Bertz CT molecular complexity index is 170. The third-order valence-electron chi connectivity index (χ3n) is 3.63. The standard InChI is InChI=1S/C14H30N2/c1-4-7-14(11-15-9-5-2)16-10-6-8-13(3)12-16/h13-15H,4-12H2,1-3H3. The van der Waals surface area contributed by atoms with Crippen molar-refractivity contribution in [1.29, 1.82) is 0 Å². The van der Waals surface area contributed by atoms with Crippen molar-refractivity contribution >= 4 is 0 Å². The highest BCUT2D eigenvalue weighted by atomic mass is 15.2. The van der Waals surface area contributed by atoms with Gasteiger partial charge in [-0.1, -0.05) is 27.2 Å². The lowest BCUT2D eigenvalue weighted by Gasteiger charge is -2.37. The summed E-state index contributed by atoms with van der Waals surface area (Å²) >= 11 is 0. The van der Waals surface area contributed by atoms with Gasteiger partial charge in [0.25, 0.3) is 0 Å². The van der Waals surface area contributed by atoms with E-state index < -0.39 is 0 Å². The van der Waals surface area contributed by atoms with Crippen molar-refractivity contribution in [3.8, 4) is 0 Å². The van der Waals surface area contributed by atoms with Crippen molar-refractivity contribution < 1.29 is 0 Å². The molecule has 1 aliphatic heterocycles. The van der Waals surface area contributed by atoms with Gasteiger partial charge in [0.1, 0.15) is 0 Å². The Morgan fingerprint density at radius 3 is 2.75 bits per heavy atom. The van der Waals surface area contributed by atoms with Gasteiger partial charge in [-0.05, 0) is 44.7 Å². The van der Waals surface area contributed by atoms with E-state index in [0.29, 0.717) is 0 Å². The Morgan fingerprint density at radius 2 is 2.12 bits per heavy atom. The predicted octanol–water partition coefficient (Wildman–Crippen LogP) is 2.89. The summed E-state index contributed by atoms with van der Waals surface area (Å²) in [6.07, 6.45) is 6.73. The molecule has 1 saturated heterocycles. The second-order valence-electron chi connectivity index (χ2n) is 5.39. The number of nitrogens with one attached hydrogen (secondary N) is 1. The average Bonchev–Trinajstić information content (AvgIpc) is 2.28. The molecule has 1 aliphatic rings. The van der Waals surface area contributed by atoms with E-state index in [-0.39, 0.29) is 0 Å². The van der Waals surface area contributed by atoms with E-state index in [0.717, 1.165) is 12.0 Å². The average molecular weight is 226 g/mol. The van der Waals surface area contributed by atoms with Crippen LogP contribution in [0.2, 0.25) is 0 Å². The highest BCUT2D eigenvalue weighted by Gasteiger charge is 2.22. The van der Waals surface area contributed by atoms with Gasteiger partial charge in [-0.15, -0.1) is 0 Å². The van der Waals surface area contributed by atoms with E-state index in [9.17, 15) is 0 Å². The number of hydrogen-bond donors (Lipinski definition) is 1. The van der Waals surface area contributed by atoms with Gasteiger partial charge in [-0.2, -0.15) is 0 Å². The van der Waals surface area contributed by atoms with Crippen molar-refractivity contribution in [1.82, 2.24) is 10.2 Å². The molecule has 2 heteroatoms. The molecular weight excluding hydrogens is 196 g/mol. The molecule has 1 N–H and O–H groups in total. The molecule has 0 saturated carbocycles. The van der Waals surface area contributed by atoms with Crippen LogP contribution in [0.5, 0.6) is 0 Å². The molecule has 0 radical (unpaired) electrons. The molecule has 16 heavy (non-hydrogen) atoms. The lowest BCUT2D eigenvalue weighted by molar-refractivity contribution is 0.121. The molecule has 1 heterocycles. The van der Waals surface area contributed by atoms with Crippen LogP contribution < -0.4 is 5.32 Å². The van der Waals surface area contributed by atoms with Crippen molar-refractivity contribution in [2.75, 3.05) is 26.2 Å². The third kappa shape index (κ3) is 4.84. The molecule has 0 aliphatic carbocycles. The molecule has 0 aromatic heterocycles. The Kier molecular flexibility index (Phi) is 7.06. The summed E-state index contributed by atoms with van der Waals surface area (Å²) in [5, 5.41) is 3.59. The smallest absolute Gasteiger partial charge is 0.0220 e. The monoisotopic (exact) mass is 226 g/mol. The molecular formula is C14H30N2. The van der Waals surface area contributed by atoms with E-state index in [4.69, 9.17) is 0 Å². The number of likely N-dealkylation sites (tertiary alicyclic amines) is 1. The van der Waals surface area contributed by atoms with Crippen LogP contribution in [0, 0.1) is 5.92 Å². The first-order valence-electron chi connectivity index (χ1n) is 7.22. The minimum atomic E-state index is 0.777. The normalized spacial score (nSPS) is 24.6. The van der Waals surface area contributed by atoms with Gasteiger partial charge in [-0.25, -0.2) is 0 Å². The highest BCUT2D eigenvalue weighted by molar-refractivity contribution is 4.79. The molecule has 0 aromatic rings. The zero-order valence-corrected chi connectivity index (χ0v) is 11.5. The largest absolute Gasteiger partial charge is 0.315 e. The minimum Gasteiger partial charge on any atom is -0.315 e. The molecule has 2 atom stereocenters. The maximum absolute atomic E-state index is 3.59. The van der Waals surface area contributed by atoms with E-state index in [1.165, 1.54) is 58.3 Å². The fraction of sp³-hybridized carbons (Fsp3) is 1.00. The van der Waals surface area contributed by atoms with Crippen LogP contribution in [-0.2, 0) is 0 Å². The summed E-state index contributed by atoms with van der Waals surface area (Å²) in [6, 6.07) is 0.777. The topological polar surface area (TPSA) is 15.3 Å². The first kappa shape index (κ1) is 14.0. The molecule has 0 amide bonds. The van der Waals surface area contributed by atoms with Gasteiger partial charge in [0.2, 0.25) is 0 Å².